The van der Waals surface area contributed by atoms with Gasteiger partial charge in [-0.05, 0) is 37.0 Å². The van der Waals surface area contributed by atoms with Crippen molar-refractivity contribution >= 4 is 41.5 Å². The van der Waals surface area contributed by atoms with Crippen LogP contribution in [0.1, 0.15) is 31.9 Å². The van der Waals surface area contributed by atoms with Crippen molar-refractivity contribution in [1.29, 1.82) is 0 Å². The van der Waals surface area contributed by atoms with Gasteiger partial charge in [-0.15, -0.1) is 24.0 Å². The lowest BCUT2D eigenvalue weighted by Gasteiger charge is -2.13. The van der Waals surface area contributed by atoms with Gasteiger partial charge in [-0.1, -0.05) is 30.7 Å². The summed E-state index contributed by atoms with van der Waals surface area (Å²) in [4.78, 5) is 4.44. The van der Waals surface area contributed by atoms with Crippen molar-refractivity contribution in [1.82, 2.24) is 10.6 Å². The number of benzene rings is 1. The van der Waals surface area contributed by atoms with Crippen LogP contribution < -0.4 is 10.6 Å². The molecule has 3 atom stereocenters. The third kappa shape index (κ3) is 6.00. The van der Waals surface area contributed by atoms with Gasteiger partial charge in [0.1, 0.15) is 0 Å². The summed E-state index contributed by atoms with van der Waals surface area (Å²) < 4.78 is 0. The van der Waals surface area contributed by atoms with Gasteiger partial charge >= 0.3 is 0 Å². The van der Waals surface area contributed by atoms with Crippen molar-refractivity contribution in [3.63, 3.8) is 0 Å². The average molecular weight is 424 g/mol. The second-order valence-corrected chi connectivity index (χ2v) is 5.69. The van der Waals surface area contributed by atoms with E-state index in [0.29, 0.717) is 23.5 Å². The van der Waals surface area contributed by atoms with Crippen LogP contribution >= 0.6 is 35.6 Å². The standard InChI is InChI=1S/C15H22ClN3O.HI/c1-3-17-15(19-13-8-10(13)2)18-9-14(20)11-4-6-12(16)7-5-11;/h4-7,10,13-14,20H,3,8-9H2,1-2H3,(H2,17,18,19);1H. The molecule has 1 aromatic rings. The van der Waals surface area contributed by atoms with E-state index in [4.69, 9.17) is 11.6 Å². The van der Waals surface area contributed by atoms with Crippen LogP contribution in [0.3, 0.4) is 0 Å². The van der Waals surface area contributed by atoms with E-state index in [2.05, 4.69) is 22.5 Å². The Hall–Kier alpha value is -0.530. The molecule has 1 aliphatic rings. The highest BCUT2D eigenvalue weighted by Gasteiger charge is 2.33. The van der Waals surface area contributed by atoms with Gasteiger partial charge < -0.3 is 15.7 Å². The van der Waals surface area contributed by atoms with Gasteiger partial charge in [0, 0.05) is 17.6 Å². The fourth-order valence-corrected chi connectivity index (χ4v) is 2.11. The Balaban J connectivity index is 0.00000220. The molecule has 1 aromatic carbocycles. The van der Waals surface area contributed by atoms with Crippen molar-refractivity contribution in [2.45, 2.75) is 32.4 Å². The van der Waals surface area contributed by atoms with Crippen LogP contribution in [0.15, 0.2) is 29.3 Å². The van der Waals surface area contributed by atoms with Gasteiger partial charge in [0.2, 0.25) is 0 Å². The molecule has 4 nitrogen and oxygen atoms in total. The minimum Gasteiger partial charge on any atom is -0.386 e. The number of aliphatic hydroxyl groups is 1. The molecule has 0 aromatic heterocycles. The Bertz CT molecular complexity index is 466. The minimum absolute atomic E-state index is 0. The van der Waals surface area contributed by atoms with Crippen molar-refractivity contribution < 1.29 is 5.11 Å². The summed E-state index contributed by atoms with van der Waals surface area (Å²) in [6.45, 7) is 5.38. The molecule has 0 radical (unpaired) electrons. The lowest BCUT2D eigenvalue weighted by Crippen LogP contribution is -2.39. The first-order chi connectivity index (χ1) is 9.60. The maximum absolute atomic E-state index is 10.1. The molecule has 0 spiro atoms. The van der Waals surface area contributed by atoms with E-state index in [1.165, 1.54) is 6.42 Å². The summed E-state index contributed by atoms with van der Waals surface area (Å²) >= 11 is 5.83. The number of nitrogens with zero attached hydrogens (tertiary/aromatic N) is 1. The number of halogens is 2. The summed E-state index contributed by atoms with van der Waals surface area (Å²) in [6, 6.07) is 7.72. The zero-order valence-corrected chi connectivity index (χ0v) is 15.4. The molecular formula is C15H23ClIN3O. The van der Waals surface area contributed by atoms with Gasteiger partial charge in [0.05, 0.1) is 12.6 Å². The van der Waals surface area contributed by atoms with E-state index in [1.54, 1.807) is 12.1 Å². The van der Waals surface area contributed by atoms with Crippen LogP contribution in [0.2, 0.25) is 5.02 Å². The fraction of sp³-hybridized carbons (Fsp3) is 0.533. The molecule has 21 heavy (non-hydrogen) atoms. The Kier molecular flexibility index (Phi) is 7.76. The SMILES string of the molecule is CCNC(=NCC(O)c1ccc(Cl)cc1)NC1CC1C.I. The first kappa shape index (κ1) is 18.5. The molecule has 0 bridgehead atoms. The third-order valence-corrected chi connectivity index (χ3v) is 3.70. The summed E-state index contributed by atoms with van der Waals surface area (Å²) in [6.07, 6.45) is 0.573. The van der Waals surface area contributed by atoms with Crippen LogP contribution in [-0.4, -0.2) is 30.2 Å². The highest BCUT2D eigenvalue weighted by Crippen LogP contribution is 2.28. The van der Waals surface area contributed by atoms with E-state index in [0.717, 1.165) is 18.1 Å². The summed E-state index contributed by atoms with van der Waals surface area (Å²) in [7, 11) is 0. The highest BCUT2D eigenvalue weighted by molar-refractivity contribution is 14.0. The van der Waals surface area contributed by atoms with Crippen LogP contribution in [0.25, 0.3) is 0 Å². The van der Waals surface area contributed by atoms with E-state index in [9.17, 15) is 5.11 Å². The molecule has 2 rings (SSSR count). The number of guanidine groups is 1. The van der Waals surface area contributed by atoms with Gasteiger partial charge in [-0.3, -0.25) is 4.99 Å². The van der Waals surface area contributed by atoms with E-state index in [-0.39, 0.29) is 24.0 Å². The van der Waals surface area contributed by atoms with Crippen LogP contribution in [0.5, 0.6) is 0 Å². The maximum Gasteiger partial charge on any atom is 0.191 e. The molecule has 0 heterocycles. The normalized spacial score (nSPS) is 22.2. The van der Waals surface area contributed by atoms with Gasteiger partial charge in [0.25, 0.3) is 0 Å². The van der Waals surface area contributed by atoms with E-state index < -0.39 is 6.10 Å². The molecule has 1 fully saturated rings. The topological polar surface area (TPSA) is 56.7 Å². The fourth-order valence-electron chi connectivity index (χ4n) is 1.99. The smallest absolute Gasteiger partial charge is 0.191 e. The number of aliphatic hydroxyl groups excluding tert-OH is 1. The predicted octanol–water partition coefficient (Wildman–Crippen LogP) is 2.95. The first-order valence-corrected chi connectivity index (χ1v) is 7.46. The van der Waals surface area contributed by atoms with Crippen molar-refractivity contribution in [2.24, 2.45) is 10.9 Å². The molecule has 1 saturated carbocycles. The molecule has 3 unspecified atom stereocenters. The van der Waals surface area contributed by atoms with E-state index in [1.807, 2.05) is 19.1 Å². The molecule has 1 aliphatic carbocycles. The summed E-state index contributed by atoms with van der Waals surface area (Å²) in [5.74, 6) is 1.48. The molecular weight excluding hydrogens is 401 g/mol. The number of hydrogen-bond donors (Lipinski definition) is 3. The maximum atomic E-state index is 10.1. The van der Waals surface area contributed by atoms with Crippen molar-refractivity contribution in [3.8, 4) is 0 Å². The first-order valence-electron chi connectivity index (χ1n) is 7.08. The lowest BCUT2D eigenvalue weighted by molar-refractivity contribution is 0.187. The number of hydrogen-bond acceptors (Lipinski definition) is 2. The van der Waals surface area contributed by atoms with E-state index >= 15 is 0 Å². The summed E-state index contributed by atoms with van der Waals surface area (Å²) in [5, 5.41) is 17.4. The monoisotopic (exact) mass is 423 g/mol. The molecule has 6 heteroatoms. The van der Waals surface area contributed by atoms with Gasteiger partial charge in [-0.2, -0.15) is 0 Å². The Morgan fingerprint density at radius 1 is 1.43 bits per heavy atom. The van der Waals surface area contributed by atoms with Crippen LogP contribution in [0.4, 0.5) is 0 Å². The Labute approximate surface area is 148 Å². The zero-order valence-electron chi connectivity index (χ0n) is 12.3. The minimum atomic E-state index is -0.612. The largest absolute Gasteiger partial charge is 0.386 e. The Morgan fingerprint density at radius 3 is 2.57 bits per heavy atom. The lowest BCUT2D eigenvalue weighted by atomic mass is 10.1. The average Bonchev–Trinajstić information content (AvgIpc) is 3.12. The molecule has 118 valence electrons. The Morgan fingerprint density at radius 2 is 2.05 bits per heavy atom. The van der Waals surface area contributed by atoms with Crippen LogP contribution in [-0.2, 0) is 0 Å². The third-order valence-electron chi connectivity index (χ3n) is 3.45. The second-order valence-electron chi connectivity index (χ2n) is 5.25. The molecule has 3 N–H and O–H groups in total. The number of nitrogens with one attached hydrogen (secondary N) is 2. The second kappa shape index (κ2) is 8.80. The summed E-state index contributed by atoms with van der Waals surface area (Å²) in [5.41, 5.74) is 0.828. The highest BCUT2D eigenvalue weighted by atomic mass is 127. The zero-order chi connectivity index (χ0) is 14.5. The number of aliphatic imine (C=N–C) groups is 1. The van der Waals surface area contributed by atoms with Gasteiger partial charge in [-0.25, -0.2) is 0 Å². The predicted molar refractivity (Wildman–Crippen MR) is 98.5 cm³/mol. The quantitative estimate of drug-likeness (QED) is 0.388. The molecule has 0 aliphatic heterocycles. The number of rotatable bonds is 5. The van der Waals surface area contributed by atoms with Crippen LogP contribution in [0, 0.1) is 5.92 Å². The van der Waals surface area contributed by atoms with Crippen molar-refractivity contribution in [2.75, 3.05) is 13.1 Å². The van der Waals surface area contributed by atoms with Gasteiger partial charge in [0.15, 0.2) is 5.96 Å². The molecule has 0 saturated heterocycles. The molecule has 0 amide bonds. The van der Waals surface area contributed by atoms with Crippen molar-refractivity contribution in [3.05, 3.63) is 34.9 Å².